The Morgan fingerprint density at radius 2 is 1.65 bits per heavy atom. The number of nitrogens with zero attached hydrogens (tertiary/aromatic N) is 3. The predicted octanol–water partition coefficient (Wildman–Crippen LogP) is 1.38. The van der Waals surface area contributed by atoms with Crippen LogP contribution in [0.3, 0.4) is 0 Å². The molecule has 2 saturated heterocycles. The van der Waals surface area contributed by atoms with Gasteiger partial charge in [-0.05, 0) is 30.3 Å². The number of nitrogens with one attached hydrogen (secondary N) is 1. The third kappa shape index (κ3) is 4.93. The molecular weight excluding hydrogens is 436 g/mol. The van der Waals surface area contributed by atoms with Crippen molar-refractivity contribution in [3.05, 3.63) is 54.1 Å². The summed E-state index contributed by atoms with van der Waals surface area (Å²) in [7, 11) is 3.02. The highest BCUT2D eigenvalue weighted by Crippen LogP contribution is 2.28. The molecule has 2 aliphatic heterocycles. The summed E-state index contributed by atoms with van der Waals surface area (Å²) in [5, 5.41) is 2.79. The molecule has 0 aliphatic carbocycles. The van der Waals surface area contributed by atoms with E-state index in [1.807, 2.05) is 18.2 Å². The maximum Gasteiger partial charge on any atom is 0.254 e. The second-order valence-corrected chi connectivity index (χ2v) is 8.28. The minimum absolute atomic E-state index is 0.0454. The number of ether oxygens (including phenoxy) is 2. The molecule has 4 rings (SSSR count). The van der Waals surface area contributed by atoms with Crippen LogP contribution in [-0.4, -0.2) is 87.1 Å². The molecular formula is C25H30N4O5. The van der Waals surface area contributed by atoms with Crippen molar-refractivity contribution < 1.29 is 23.9 Å². The lowest BCUT2D eigenvalue weighted by Crippen LogP contribution is -2.59. The van der Waals surface area contributed by atoms with Crippen LogP contribution in [0.1, 0.15) is 16.8 Å². The van der Waals surface area contributed by atoms with Crippen LogP contribution in [0.2, 0.25) is 0 Å². The van der Waals surface area contributed by atoms with E-state index in [-0.39, 0.29) is 24.1 Å². The topological polar surface area (TPSA) is 91.4 Å². The summed E-state index contributed by atoms with van der Waals surface area (Å²) in [5.74, 6) is 0.189. The van der Waals surface area contributed by atoms with E-state index in [0.717, 1.165) is 18.8 Å². The molecule has 0 bridgehead atoms. The average molecular weight is 467 g/mol. The maximum absolute atomic E-state index is 13.3. The van der Waals surface area contributed by atoms with E-state index < -0.39 is 6.04 Å². The minimum atomic E-state index is -0.853. The second-order valence-electron chi connectivity index (χ2n) is 8.28. The van der Waals surface area contributed by atoms with Crippen LogP contribution < -0.4 is 19.7 Å². The molecule has 2 fully saturated rings. The van der Waals surface area contributed by atoms with Gasteiger partial charge < -0.3 is 29.5 Å². The summed E-state index contributed by atoms with van der Waals surface area (Å²) in [6, 6.07) is 14.1. The summed E-state index contributed by atoms with van der Waals surface area (Å²) in [5.41, 5.74) is 1.51. The van der Waals surface area contributed by atoms with Crippen molar-refractivity contribution in [3.8, 4) is 11.5 Å². The molecule has 0 spiro atoms. The van der Waals surface area contributed by atoms with Crippen LogP contribution in [0.4, 0.5) is 5.69 Å². The molecule has 34 heavy (non-hydrogen) atoms. The Bertz CT molecular complexity index is 1040. The highest BCUT2D eigenvalue weighted by molar-refractivity contribution is 6.00. The lowest BCUT2D eigenvalue weighted by Gasteiger charge is -2.39. The van der Waals surface area contributed by atoms with Gasteiger partial charge in [0.2, 0.25) is 11.8 Å². The zero-order valence-electron chi connectivity index (χ0n) is 19.5. The second kappa shape index (κ2) is 10.5. The number of hydrogen-bond acceptors (Lipinski definition) is 6. The fourth-order valence-corrected chi connectivity index (χ4v) is 4.44. The number of rotatable bonds is 6. The SMILES string of the molecule is COc1ccc(C(=O)N2CCNC(=O)[C@@H]2CC(=O)N2CCN(c3ccccc3)CC2)cc1OC. The number of carbonyl (C=O) groups excluding carboxylic acids is 3. The van der Waals surface area contributed by atoms with E-state index in [0.29, 0.717) is 43.2 Å². The standard InChI is InChI=1S/C25H30N4O5/c1-33-21-9-8-18(16-22(21)34-2)25(32)29-11-10-26-24(31)20(29)17-23(30)28-14-12-27(13-15-28)19-6-4-3-5-7-19/h3-9,16,20H,10-15,17H2,1-2H3,(H,26,31)/t20-/m0/s1. The lowest BCUT2D eigenvalue weighted by molar-refractivity contribution is -0.138. The Labute approximate surface area is 199 Å². The molecule has 2 aromatic rings. The number of benzene rings is 2. The van der Waals surface area contributed by atoms with E-state index in [2.05, 4.69) is 22.3 Å². The first-order valence-electron chi connectivity index (χ1n) is 11.4. The van der Waals surface area contributed by atoms with Crippen molar-refractivity contribution in [3.63, 3.8) is 0 Å². The molecule has 9 heteroatoms. The number of methoxy groups -OCH3 is 2. The van der Waals surface area contributed by atoms with Gasteiger partial charge in [0, 0.05) is 50.5 Å². The van der Waals surface area contributed by atoms with E-state index in [4.69, 9.17) is 9.47 Å². The quantitative estimate of drug-likeness (QED) is 0.692. The summed E-state index contributed by atoms with van der Waals surface area (Å²) in [6.45, 7) is 3.27. The first-order chi connectivity index (χ1) is 16.5. The van der Waals surface area contributed by atoms with Gasteiger partial charge in [0.25, 0.3) is 5.91 Å². The average Bonchev–Trinajstić information content (AvgIpc) is 2.89. The van der Waals surface area contributed by atoms with E-state index in [1.165, 1.54) is 19.1 Å². The predicted molar refractivity (Wildman–Crippen MR) is 127 cm³/mol. The van der Waals surface area contributed by atoms with Gasteiger partial charge >= 0.3 is 0 Å². The summed E-state index contributed by atoms with van der Waals surface area (Å²) >= 11 is 0. The van der Waals surface area contributed by atoms with Crippen LogP contribution in [-0.2, 0) is 9.59 Å². The molecule has 180 valence electrons. The highest BCUT2D eigenvalue weighted by Gasteiger charge is 2.36. The number of hydrogen-bond donors (Lipinski definition) is 1. The van der Waals surface area contributed by atoms with Gasteiger partial charge in [-0.15, -0.1) is 0 Å². The van der Waals surface area contributed by atoms with Crippen LogP contribution in [0, 0.1) is 0 Å². The smallest absolute Gasteiger partial charge is 0.254 e. The van der Waals surface area contributed by atoms with Crippen LogP contribution in [0.5, 0.6) is 11.5 Å². The van der Waals surface area contributed by atoms with Gasteiger partial charge in [0.05, 0.1) is 20.6 Å². The van der Waals surface area contributed by atoms with Crippen molar-refractivity contribution in [2.45, 2.75) is 12.5 Å². The largest absolute Gasteiger partial charge is 0.493 e. The van der Waals surface area contributed by atoms with Gasteiger partial charge in [-0.1, -0.05) is 18.2 Å². The molecule has 9 nitrogen and oxygen atoms in total. The Morgan fingerprint density at radius 1 is 0.941 bits per heavy atom. The van der Waals surface area contributed by atoms with Gasteiger partial charge in [-0.3, -0.25) is 14.4 Å². The fraction of sp³-hybridized carbons (Fsp3) is 0.400. The maximum atomic E-state index is 13.3. The monoisotopic (exact) mass is 466 g/mol. The molecule has 3 amide bonds. The van der Waals surface area contributed by atoms with E-state index in [1.54, 1.807) is 23.1 Å². The number of anilines is 1. The Morgan fingerprint density at radius 3 is 2.32 bits per heavy atom. The van der Waals surface area contributed by atoms with Gasteiger partial charge in [-0.25, -0.2) is 0 Å². The Kier molecular flexibility index (Phi) is 7.20. The minimum Gasteiger partial charge on any atom is -0.493 e. The highest BCUT2D eigenvalue weighted by atomic mass is 16.5. The van der Waals surface area contributed by atoms with Crippen LogP contribution in [0.15, 0.2) is 48.5 Å². The molecule has 2 aromatic carbocycles. The summed E-state index contributed by atoms with van der Waals surface area (Å²) in [4.78, 5) is 44.6. The number of piperazine rings is 2. The molecule has 0 saturated carbocycles. The van der Waals surface area contributed by atoms with E-state index in [9.17, 15) is 14.4 Å². The summed E-state index contributed by atoms with van der Waals surface area (Å²) < 4.78 is 10.5. The van der Waals surface area contributed by atoms with Crippen molar-refractivity contribution in [1.82, 2.24) is 15.1 Å². The lowest BCUT2D eigenvalue weighted by atomic mass is 10.0. The van der Waals surface area contributed by atoms with Gasteiger partial charge in [0.15, 0.2) is 11.5 Å². The summed E-state index contributed by atoms with van der Waals surface area (Å²) in [6.07, 6.45) is -0.0454. The molecule has 0 aromatic heterocycles. The molecule has 2 aliphatic rings. The molecule has 0 radical (unpaired) electrons. The third-order valence-electron chi connectivity index (χ3n) is 6.34. The molecule has 2 heterocycles. The Balaban J connectivity index is 1.43. The number of carbonyl (C=O) groups is 3. The van der Waals surface area contributed by atoms with Gasteiger partial charge in [-0.2, -0.15) is 0 Å². The van der Waals surface area contributed by atoms with Crippen molar-refractivity contribution in [2.24, 2.45) is 0 Å². The van der Waals surface area contributed by atoms with Crippen molar-refractivity contribution in [2.75, 3.05) is 58.4 Å². The first-order valence-corrected chi connectivity index (χ1v) is 11.4. The van der Waals surface area contributed by atoms with Crippen molar-refractivity contribution in [1.29, 1.82) is 0 Å². The first kappa shape index (κ1) is 23.4. The number of para-hydroxylation sites is 1. The normalized spacial score (nSPS) is 18.4. The molecule has 1 atom stereocenters. The van der Waals surface area contributed by atoms with Gasteiger partial charge in [0.1, 0.15) is 6.04 Å². The molecule has 1 N–H and O–H groups in total. The van der Waals surface area contributed by atoms with Crippen LogP contribution in [0.25, 0.3) is 0 Å². The van der Waals surface area contributed by atoms with Crippen LogP contribution >= 0.6 is 0 Å². The zero-order valence-corrected chi connectivity index (χ0v) is 19.5. The third-order valence-corrected chi connectivity index (χ3v) is 6.34. The molecule has 0 unspecified atom stereocenters. The zero-order chi connectivity index (χ0) is 24.1. The Hall–Kier alpha value is -3.75. The fourth-order valence-electron chi connectivity index (χ4n) is 4.44. The number of amides is 3. The van der Waals surface area contributed by atoms with E-state index >= 15 is 0 Å². The van der Waals surface area contributed by atoms with Crippen molar-refractivity contribution >= 4 is 23.4 Å².